The average molecular weight is 666 g/mol. The Hall–Kier alpha value is -4.28. The highest BCUT2D eigenvalue weighted by molar-refractivity contribution is 6.03. The Morgan fingerprint density at radius 2 is 1.85 bits per heavy atom. The van der Waals surface area contributed by atoms with E-state index in [-0.39, 0.29) is 95.1 Å². The molecule has 0 spiro atoms. The van der Waals surface area contributed by atoms with E-state index in [0.29, 0.717) is 18.4 Å². The predicted octanol–water partition coefficient (Wildman–Crippen LogP) is 5.61. The summed E-state index contributed by atoms with van der Waals surface area (Å²) in [6.45, 7) is 1.73. The van der Waals surface area contributed by atoms with Gasteiger partial charge in [-0.3, -0.25) is 9.88 Å². The molecule has 8 rings (SSSR count). The number of alkyl halides is 3. The van der Waals surface area contributed by atoms with Crippen molar-refractivity contribution in [2.45, 2.75) is 55.8 Å². The molecule has 48 heavy (non-hydrogen) atoms. The largest absolute Gasteiger partial charge is 0.508 e. The van der Waals surface area contributed by atoms with Crippen molar-refractivity contribution >= 4 is 27.5 Å². The third-order valence-electron chi connectivity index (χ3n) is 10.8. The molecule has 0 bridgehead atoms. The highest BCUT2D eigenvalue weighted by Crippen LogP contribution is 2.48. The maximum Gasteiger partial charge on any atom is 0.319 e. The standard InChI is InChI=1S/C35H32F5N5O3/c1-2-23-26(37)5-4-18-8-22(46)9-24(27(18)23)29-28(38)30-25(13-41-29)31(44-14-19-10-35(47,32(39)40)11-20(19)15-44)43-33(42-30)48-17-34-6-3-7-45(34)16-21(36)12-34/h1,4-5,8-9,13,19-21,32,46-47H,3,6-7,10-12,14-17H2/t19-,20+,21-,34+,35?/m1/s1. The molecule has 4 aromatic rings. The van der Waals surface area contributed by atoms with Crippen LogP contribution in [0.15, 0.2) is 30.5 Å². The summed E-state index contributed by atoms with van der Waals surface area (Å²) in [5, 5.41) is 21.8. The maximum atomic E-state index is 16.8. The summed E-state index contributed by atoms with van der Waals surface area (Å²) in [4.78, 5) is 17.4. The molecule has 3 saturated heterocycles. The summed E-state index contributed by atoms with van der Waals surface area (Å²) < 4.78 is 79.5. The van der Waals surface area contributed by atoms with Crippen LogP contribution in [0.2, 0.25) is 0 Å². The first-order valence-electron chi connectivity index (χ1n) is 16.0. The molecule has 0 radical (unpaired) electrons. The van der Waals surface area contributed by atoms with Gasteiger partial charge in [-0.1, -0.05) is 12.0 Å². The number of anilines is 1. The average Bonchev–Trinajstić information content (AvgIpc) is 3.78. The molecular weight excluding hydrogens is 633 g/mol. The van der Waals surface area contributed by atoms with Gasteiger partial charge in [-0.15, -0.1) is 6.42 Å². The zero-order valence-electron chi connectivity index (χ0n) is 25.8. The van der Waals surface area contributed by atoms with E-state index in [2.05, 4.69) is 25.8 Å². The highest BCUT2D eigenvalue weighted by Gasteiger charge is 2.53. The lowest BCUT2D eigenvalue weighted by atomic mass is 9.95. The first kappa shape index (κ1) is 31.0. The summed E-state index contributed by atoms with van der Waals surface area (Å²) in [6, 6.07) is 5.10. The van der Waals surface area contributed by atoms with E-state index >= 15 is 4.39 Å². The van der Waals surface area contributed by atoms with E-state index in [9.17, 15) is 27.8 Å². The number of fused-ring (bicyclic) bond motifs is 4. The fraction of sp³-hybridized carbons (Fsp3) is 0.457. The Morgan fingerprint density at radius 1 is 1.08 bits per heavy atom. The number of phenols is 1. The van der Waals surface area contributed by atoms with Gasteiger partial charge >= 0.3 is 6.01 Å². The molecule has 8 nitrogen and oxygen atoms in total. The first-order chi connectivity index (χ1) is 23.0. The number of phenolic OH excluding ortho intramolecular Hbond substituents is 1. The van der Waals surface area contributed by atoms with Crippen molar-refractivity contribution in [2.24, 2.45) is 11.8 Å². The second kappa shape index (κ2) is 11.1. The molecule has 13 heteroatoms. The van der Waals surface area contributed by atoms with Crippen molar-refractivity contribution in [3.05, 3.63) is 47.7 Å². The number of rotatable bonds is 6. The number of pyridine rings is 1. The van der Waals surface area contributed by atoms with Crippen molar-refractivity contribution in [3.63, 3.8) is 0 Å². The highest BCUT2D eigenvalue weighted by atomic mass is 19.3. The number of benzene rings is 2. The molecule has 2 N–H and O–H groups in total. The van der Waals surface area contributed by atoms with Gasteiger partial charge in [0.15, 0.2) is 5.82 Å². The monoisotopic (exact) mass is 665 g/mol. The smallest absolute Gasteiger partial charge is 0.319 e. The van der Waals surface area contributed by atoms with Crippen LogP contribution in [0.5, 0.6) is 11.8 Å². The Labute approximate surface area is 272 Å². The molecule has 5 heterocycles. The molecule has 1 aliphatic carbocycles. The minimum absolute atomic E-state index is 0.0573. The molecule has 3 aliphatic heterocycles. The summed E-state index contributed by atoms with van der Waals surface area (Å²) in [5.41, 5.74) is -3.03. The topological polar surface area (TPSA) is 94.8 Å². The van der Waals surface area contributed by atoms with Crippen LogP contribution in [0.1, 0.15) is 37.7 Å². The Kier molecular flexibility index (Phi) is 7.19. The number of halogens is 5. The lowest BCUT2D eigenvalue weighted by Gasteiger charge is -2.31. The summed E-state index contributed by atoms with van der Waals surface area (Å²) in [5.74, 6) is 0.332. The van der Waals surface area contributed by atoms with E-state index in [0.717, 1.165) is 19.4 Å². The van der Waals surface area contributed by atoms with Gasteiger partial charge in [-0.05, 0) is 67.6 Å². The molecule has 4 aliphatic rings. The van der Waals surface area contributed by atoms with Crippen LogP contribution in [0.3, 0.4) is 0 Å². The third kappa shape index (κ3) is 4.83. The number of aliphatic hydroxyl groups is 1. The molecule has 4 fully saturated rings. The molecule has 1 saturated carbocycles. The van der Waals surface area contributed by atoms with Crippen LogP contribution < -0.4 is 9.64 Å². The second-order valence-electron chi connectivity index (χ2n) is 13.8. The van der Waals surface area contributed by atoms with Crippen LogP contribution >= 0.6 is 0 Å². The van der Waals surface area contributed by atoms with Gasteiger partial charge in [0, 0.05) is 43.2 Å². The molecule has 5 atom stereocenters. The number of nitrogens with zero attached hydrogens (tertiary/aromatic N) is 5. The molecule has 2 aromatic heterocycles. The zero-order valence-corrected chi connectivity index (χ0v) is 25.8. The molecular formula is C35H32F5N5O3. The van der Waals surface area contributed by atoms with Crippen molar-refractivity contribution in [3.8, 4) is 35.4 Å². The van der Waals surface area contributed by atoms with Crippen LogP contribution in [0.25, 0.3) is 32.9 Å². The van der Waals surface area contributed by atoms with Crippen LogP contribution in [0, 0.1) is 35.8 Å². The lowest BCUT2D eigenvalue weighted by Crippen LogP contribution is -2.43. The maximum absolute atomic E-state index is 16.8. The van der Waals surface area contributed by atoms with Gasteiger partial charge in [-0.2, -0.15) is 9.97 Å². The summed E-state index contributed by atoms with van der Waals surface area (Å²) in [6.07, 6.45) is 4.96. The van der Waals surface area contributed by atoms with Crippen molar-refractivity contribution in [1.82, 2.24) is 19.9 Å². The number of hydrogen-bond donors (Lipinski definition) is 2. The van der Waals surface area contributed by atoms with Crippen LogP contribution in [0.4, 0.5) is 27.8 Å². The number of aromatic nitrogens is 3. The van der Waals surface area contributed by atoms with E-state index in [1.807, 2.05) is 4.90 Å². The third-order valence-corrected chi connectivity index (χ3v) is 10.8. The van der Waals surface area contributed by atoms with E-state index in [1.54, 1.807) is 0 Å². The van der Waals surface area contributed by atoms with Gasteiger partial charge in [0.1, 0.15) is 47.0 Å². The van der Waals surface area contributed by atoms with Crippen LogP contribution in [-0.2, 0) is 0 Å². The summed E-state index contributed by atoms with van der Waals surface area (Å²) in [7, 11) is 0. The molecule has 250 valence electrons. The van der Waals surface area contributed by atoms with Crippen LogP contribution in [-0.4, -0.2) is 86.6 Å². The lowest BCUT2D eigenvalue weighted by molar-refractivity contribution is -0.0947. The van der Waals surface area contributed by atoms with Crippen molar-refractivity contribution in [1.29, 1.82) is 0 Å². The fourth-order valence-electron chi connectivity index (χ4n) is 8.66. The van der Waals surface area contributed by atoms with Gasteiger partial charge in [0.05, 0.1) is 16.5 Å². The minimum Gasteiger partial charge on any atom is -0.508 e. The fourth-order valence-corrected chi connectivity index (χ4v) is 8.66. The van der Waals surface area contributed by atoms with E-state index in [4.69, 9.17) is 11.2 Å². The van der Waals surface area contributed by atoms with Crippen molar-refractivity contribution < 1.29 is 36.9 Å². The molecule has 0 amide bonds. The number of terminal acetylenes is 1. The number of aromatic hydroxyl groups is 1. The molecule has 2 aromatic carbocycles. The van der Waals surface area contributed by atoms with Gasteiger partial charge in [-0.25, -0.2) is 22.0 Å². The van der Waals surface area contributed by atoms with Crippen molar-refractivity contribution in [2.75, 3.05) is 37.7 Å². The second-order valence-corrected chi connectivity index (χ2v) is 13.8. The van der Waals surface area contributed by atoms with E-state index in [1.165, 1.54) is 30.5 Å². The van der Waals surface area contributed by atoms with Gasteiger partial charge in [0.2, 0.25) is 0 Å². The predicted molar refractivity (Wildman–Crippen MR) is 168 cm³/mol. The summed E-state index contributed by atoms with van der Waals surface area (Å²) >= 11 is 0. The Bertz CT molecular complexity index is 1990. The number of hydrogen-bond acceptors (Lipinski definition) is 8. The van der Waals surface area contributed by atoms with E-state index < -0.39 is 35.4 Å². The SMILES string of the molecule is C#Cc1c(F)ccc2cc(O)cc(-c3ncc4c(N5C[C@@H]6CC(O)(C(F)F)C[C@@H]6C5)nc(OC[C@@]56CCCN5C[C@H](F)C6)nc4c3F)c12. The Balaban J connectivity index is 1.24. The zero-order chi connectivity index (χ0) is 33.5. The molecule has 1 unspecified atom stereocenters. The quantitative estimate of drug-likeness (QED) is 0.203. The minimum atomic E-state index is -2.86. The normalized spacial score (nSPS) is 28.5. The van der Waals surface area contributed by atoms with Gasteiger partial charge < -0.3 is 19.8 Å². The first-order valence-corrected chi connectivity index (χ1v) is 16.0. The van der Waals surface area contributed by atoms with Gasteiger partial charge in [0.25, 0.3) is 6.43 Å². The Morgan fingerprint density at radius 3 is 2.58 bits per heavy atom. The number of ether oxygens (including phenoxy) is 1.